The van der Waals surface area contributed by atoms with Crippen molar-refractivity contribution >= 4 is 0 Å². The quantitative estimate of drug-likeness (QED) is 0.540. The molecule has 0 spiro atoms. The predicted molar refractivity (Wildman–Crippen MR) is 39.6 cm³/mol. The predicted octanol–water partition coefficient (Wildman–Crippen LogP) is 0.759. The lowest BCUT2D eigenvalue weighted by molar-refractivity contribution is -0.0994. The number of hydrogen-bond donors (Lipinski definition) is 1. The lowest BCUT2D eigenvalue weighted by Gasteiger charge is -2.52. The van der Waals surface area contributed by atoms with Crippen molar-refractivity contribution in [2.24, 2.45) is 17.1 Å². The molecule has 3 atom stereocenters. The SMILES string of the molecule is CC1(C)[C@@H](N)[C@H]2CCO[C@@H]21. The van der Waals surface area contributed by atoms with Crippen LogP contribution in [0.1, 0.15) is 20.3 Å². The molecule has 58 valence electrons. The second kappa shape index (κ2) is 1.74. The van der Waals surface area contributed by atoms with Gasteiger partial charge in [0.25, 0.3) is 0 Å². The summed E-state index contributed by atoms with van der Waals surface area (Å²) in [6.45, 7) is 5.32. The van der Waals surface area contributed by atoms with Crippen LogP contribution < -0.4 is 5.73 Å². The van der Waals surface area contributed by atoms with Crippen LogP contribution in [0.4, 0.5) is 0 Å². The highest BCUT2D eigenvalue weighted by Crippen LogP contribution is 2.50. The van der Waals surface area contributed by atoms with E-state index in [4.69, 9.17) is 10.5 Å². The molecule has 0 aromatic rings. The van der Waals surface area contributed by atoms with E-state index >= 15 is 0 Å². The first-order valence-corrected chi connectivity index (χ1v) is 4.01. The van der Waals surface area contributed by atoms with Gasteiger partial charge in [-0.1, -0.05) is 13.8 Å². The Balaban J connectivity index is 2.15. The highest BCUT2D eigenvalue weighted by Gasteiger charge is 2.57. The van der Waals surface area contributed by atoms with Gasteiger partial charge in [-0.3, -0.25) is 0 Å². The number of fused-ring (bicyclic) bond motifs is 1. The van der Waals surface area contributed by atoms with Gasteiger partial charge in [0.2, 0.25) is 0 Å². The average molecular weight is 141 g/mol. The third kappa shape index (κ3) is 0.565. The number of hydrogen-bond acceptors (Lipinski definition) is 2. The normalized spacial score (nSPS) is 50.1. The lowest BCUT2D eigenvalue weighted by atomic mass is 9.58. The second-order valence-corrected chi connectivity index (χ2v) is 4.09. The van der Waals surface area contributed by atoms with E-state index in [2.05, 4.69) is 13.8 Å². The fraction of sp³-hybridized carbons (Fsp3) is 1.00. The minimum atomic E-state index is 0.237. The lowest BCUT2D eigenvalue weighted by Crippen LogP contribution is -2.64. The van der Waals surface area contributed by atoms with Crippen molar-refractivity contribution in [1.82, 2.24) is 0 Å². The van der Waals surface area contributed by atoms with Gasteiger partial charge in [0, 0.05) is 24.0 Å². The maximum absolute atomic E-state index is 5.96. The van der Waals surface area contributed by atoms with Crippen LogP contribution in [0.3, 0.4) is 0 Å². The molecule has 2 aliphatic rings. The molecule has 1 saturated carbocycles. The Morgan fingerprint density at radius 3 is 2.80 bits per heavy atom. The summed E-state index contributed by atoms with van der Waals surface area (Å²) in [5.41, 5.74) is 6.20. The van der Waals surface area contributed by atoms with Crippen LogP contribution in [0.2, 0.25) is 0 Å². The van der Waals surface area contributed by atoms with Crippen LogP contribution in [0.25, 0.3) is 0 Å². The van der Waals surface area contributed by atoms with Gasteiger partial charge in [-0.25, -0.2) is 0 Å². The summed E-state index contributed by atoms with van der Waals surface area (Å²) in [7, 11) is 0. The number of ether oxygens (including phenoxy) is 1. The monoisotopic (exact) mass is 141 g/mol. The molecular weight excluding hydrogens is 126 g/mol. The minimum Gasteiger partial charge on any atom is -0.377 e. The first-order chi connectivity index (χ1) is 4.64. The van der Waals surface area contributed by atoms with E-state index in [1.165, 1.54) is 6.42 Å². The Bertz CT molecular complexity index is 155. The summed E-state index contributed by atoms with van der Waals surface area (Å²) >= 11 is 0. The summed E-state index contributed by atoms with van der Waals surface area (Å²) in [4.78, 5) is 0. The minimum absolute atomic E-state index is 0.237. The van der Waals surface area contributed by atoms with Crippen LogP contribution in [-0.2, 0) is 4.74 Å². The Kier molecular flexibility index (Phi) is 1.15. The molecule has 0 aromatic carbocycles. The highest BCUT2D eigenvalue weighted by atomic mass is 16.5. The van der Waals surface area contributed by atoms with Crippen LogP contribution in [0.5, 0.6) is 0 Å². The first kappa shape index (κ1) is 6.62. The molecule has 0 bridgehead atoms. The number of nitrogens with two attached hydrogens (primary N) is 1. The van der Waals surface area contributed by atoms with Crippen LogP contribution >= 0.6 is 0 Å². The molecule has 1 aliphatic heterocycles. The molecule has 2 heteroatoms. The summed E-state index contributed by atoms with van der Waals surface area (Å²) < 4.78 is 5.56. The van der Waals surface area contributed by atoms with E-state index in [9.17, 15) is 0 Å². The van der Waals surface area contributed by atoms with Crippen molar-refractivity contribution in [3.8, 4) is 0 Å². The van der Waals surface area contributed by atoms with Crippen molar-refractivity contribution in [2.45, 2.75) is 32.4 Å². The van der Waals surface area contributed by atoms with E-state index in [0.29, 0.717) is 18.1 Å². The molecule has 2 nitrogen and oxygen atoms in total. The topological polar surface area (TPSA) is 35.2 Å². The maximum atomic E-state index is 5.96. The van der Waals surface area contributed by atoms with Gasteiger partial charge in [-0.05, 0) is 6.42 Å². The summed E-state index contributed by atoms with van der Waals surface area (Å²) in [6.07, 6.45) is 1.64. The Morgan fingerprint density at radius 2 is 2.20 bits per heavy atom. The fourth-order valence-corrected chi connectivity index (χ4v) is 2.36. The molecule has 2 rings (SSSR count). The van der Waals surface area contributed by atoms with Crippen molar-refractivity contribution in [3.63, 3.8) is 0 Å². The zero-order chi connectivity index (χ0) is 7.35. The summed E-state index contributed by atoms with van der Waals surface area (Å²) in [5, 5.41) is 0. The number of rotatable bonds is 0. The van der Waals surface area contributed by atoms with Gasteiger partial charge < -0.3 is 10.5 Å². The smallest absolute Gasteiger partial charge is 0.0684 e. The molecule has 1 aliphatic carbocycles. The standard InChI is InChI=1S/C8H15NO/c1-8(2)6(9)5-3-4-10-7(5)8/h5-7H,3-4,9H2,1-2H3/t5-,6+,7+/m1/s1. The van der Waals surface area contributed by atoms with E-state index in [-0.39, 0.29) is 5.41 Å². The fourth-order valence-electron chi connectivity index (χ4n) is 2.36. The molecular formula is C8H15NO. The van der Waals surface area contributed by atoms with Crippen molar-refractivity contribution < 1.29 is 4.74 Å². The van der Waals surface area contributed by atoms with Gasteiger partial charge in [0.15, 0.2) is 0 Å². The van der Waals surface area contributed by atoms with E-state index in [0.717, 1.165) is 6.61 Å². The van der Waals surface area contributed by atoms with Gasteiger partial charge in [0.05, 0.1) is 6.10 Å². The Labute approximate surface area is 61.7 Å². The average Bonchev–Trinajstić information content (AvgIpc) is 2.31. The van der Waals surface area contributed by atoms with Gasteiger partial charge >= 0.3 is 0 Å². The van der Waals surface area contributed by atoms with Crippen LogP contribution in [-0.4, -0.2) is 18.8 Å². The second-order valence-electron chi connectivity index (χ2n) is 4.09. The van der Waals surface area contributed by atoms with E-state index in [1.807, 2.05) is 0 Å². The van der Waals surface area contributed by atoms with Gasteiger partial charge in [0.1, 0.15) is 0 Å². The molecule has 1 heterocycles. The summed E-state index contributed by atoms with van der Waals surface area (Å²) in [6, 6.07) is 0.375. The zero-order valence-corrected chi connectivity index (χ0v) is 6.63. The Hall–Kier alpha value is -0.0800. The van der Waals surface area contributed by atoms with Crippen LogP contribution in [0.15, 0.2) is 0 Å². The summed E-state index contributed by atoms with van der Waals surface area (Å²) in [5.74, 6) is 0.662. The third-order valence-electron chi connectivity index (χ3n) is 3.19. The van der Waals surface area contributed by atoms with E-state index in [1.54, 1.807) is 0 Å². The van der Waals surface area contributed by atoms with Crippen molar-refractivity contribution in [1.29, 1.82) is 0 Å². The van der Waals surface area contributed by atoms with E-state index < -0.39 is 0 Å². The van der Waals surface area contributed by atoms with Crippen molar-refractivity contribution in [3.05, 3.63) is 0 Å². The molecule has 0 aromatic heterocycles. The molecule has 2 fully saturated rings. The molecule has 2 N–H and O–H groups in total. The Morgan fingerprint density at radius 1 is 1.50 bits per heavy atom. The maximum Gasteiger partial charge on any atom is 0.0684 e. The van der Waals surface area contributed by atoms with Crippen molar-refractivity contribution in [2.75, 3.05) is 6.61 Å². The molecule has 1 saturated heterocycles. The molecule has 0 amide bonds. The third-order valence-corrected chi connectivity index (χ3v) is 3.19. The first-order valence-electron chi connectivity index (χ1n) is 4.01. The molecule has 10 heavy (non-hydrogen) atoms. The largest absolute Gasteiger partial charge is 0.377 e. The molecule has 0 unspecified atom stereocenters. The van der Waals surface area contributed by atoms with Gasteiger partial charge in [-0.15, -0.1) is 0 Å². The zero-order valence-electron chi connectivity index (χ0n) is 6.63. The molecule has 0 radical (unpaired) electrons. The van der Waals surface area contributed by atoms with Crippen LogP contribution in [0, 0.1) is 11.3 Å². The highest BCUT2D eigenvalue weighted by molar-refractivity contribution is 5.09. The van der Waals surface area contributed by atoms with Gasteiger partial charge in [-0.2, -0.15) is 0 Å².